The van der Waals surface area contributed by atoms with Crippen molar-refractivity contribution in [1.82, 2.24) is 0 Å². The predicted octanol–water partition coefficient (Wildman–Crippen LogP) is 2.84. The van der Waals surface area contributed by atoms with Gasteiger partial charge in [-0.3, -0.25) is 4.79 Å². The van der Waals surface area contributed by atoms with Crippen LogP contribution in [0.15, 0.2) is 16.6 Å². The number of carbonyl (C=O) groups excluding carboxylic acids is 1. The van der Waals surface area contributed by atoms with Crippen LogP contribution in [-0.4, -0.2) is 13.0 Å². The monoisotopic (exact) mass is 271 g/mol. The van der Waals surface area contributed by atoms with Crippen LogP contribution in [0.4, 0.5) is 10.1 Å². The minimum atomic E-state index is -0.769. The van der Waals surface area contributed by atoms with Gasteiger partial charge in [0.15, 0.2) is 0 Å². The SMILES string of the molecule is CN1C(=O)C(C)(C)c2c(F)cc(Br)cc21. The van der Waals surface area contributed by atoms with Crippen molar-refractivity contribution in [3.05, 3.63) is 28.0 Å². The van der Waals surface area contributed by atoms with Crippen molar-refractivity contribution in [3.63, 3.8) is 0 Å². The third-order valence-electron chi connectivity index (χ3n) is 2.86. The molecule has 2 nitrogen and oxygen atoms in total. The molecule has 15 heavy (non-hydrogen) atoms. The number of benzene rings is 1. The Kier molecular flexibility index (Phi) is 2.15. The molecule has 0 aliphatic carbocycles. The molecule has 80 valence electrons. The Morgan fingerprint density at radius 2 is 2.00 bits per heavy atom. The van der Waals surface area contributed by atoms with Crippen LogP contribution in [0.5, 0.6) is 0 Å². The van der Waals surface area contributed by atoms with E-state index in [1.165, 1.54) is 11.0 Å². The zero-order valence-corrected chi connectivity index (χ0v) is 10.4. The van der Waals surface area contributed by atoms with Gasteiger partial charge < -0.3 is 4.90 Å². The molecular weight excluding hydrogens is 261 g/mol. The second-order valence-corrected chi connectivity index (χ2v) is 5.19. The number of hydrogen-bond donors (Lipinski definition) is 0. The lowest BCUT2D eigenvalue weighted by Crippen LogP contribution is -2.33. The summed E-state index contributed by atoms with van der Waals surface area (Å²) in [5, 5.41) is 0. The molecule has 0 atom stereocenters. The van der Waals surface area contributed by atoms with E-state index in [0.717, 1.165) is 0 Å². The summed E-state index contributed by atoms with van der Waals surface area (Å²) in [4.78, 5) is 13.4. The number of carbonyl (C=O) groups is 1. The Hall–Kier alpha value is -0.900. The lowest BCUT2D eigenvalue weighted by atomic mass is 9.86. The molecule has 1 aromatic rings. The van der Waals surface area contributed by atoms with Gasteiger partial charge in [0.25, 0.3) is 0 Å². The molecule has 0 N–H and O–H groups in total. The first-order valence-corrected chi connectivity index (χ1v) is 5.42. The summed E-state index contributed by atoms with van der Waals surface area (Å²) in [6.45, 7) is 3.49. The minimum absolute atomic E-state index is 0.0745. The molecule has 0 saturated carbocycles. The van der Waals surface area contributed by atoms with Crippen molar-refractivity contribution in [2.24, 2.45) is 0 Å². The lowest BCUT2D eigenvalue weighted by Gasteiger charge is -2.16. The van der Waals surface area contributed by atoms with E-state index in [4.69, 9.17) is 0 Å². The number of amides is 1. The molecule has 0 fully saturated rings. The Bertz CT molecular complexity index is 456. The first kappa shape index (κ1) is 10.6. The van der Waals surface area contributed by atoms with Crippen LogP contribution in [0.3, 0.4) is 0 Å². The van der Waals surface area contributed by atoms with E-state index in [-0.39, 0.29) is 11.7 Å². The van der Waals surface area contributed by atoms with Crippen molar-refractivity contribution >= 4 is 27.5 Å². The maximum absolute atomic E-state index is 13.8. The largest absolute Gasteiger partial charge is 0.314 e. The van der Waals surface area contributed by atoms with Crippen molar-refractivity contribution in [1.29, 1.82) is 0 Å². The number of anilines is 1. The molecule has 4 heteroatoms. The second kappa shape index (κ2) is 3.04. The van der Waals surface area contributed by atoms with Gasteiger partial charge in [0.05, 0.1) is 11.1 Å². The summed E-state index contributed by atoms with van der Waals surface area (Å²) in [5.41, 5.74) is 0.365. The molecule has 0 bridgehead atoms. The topological polar surface area (TPSA) is 20.3 Å². The average Bonchev–Trinajstić information content (AvgIpc) is 2.27. The van der Waals surface area contributed by atoms with Crippen LogP contribution in [0, 0.1) is 5.82 Å². The smallest absolute Gasteiger partial charge is 0.237 e. The summed E-state index contributed by atoms with van der Waals surface area (Å²) < 4.78 is 14.4. The van der Waals surface area contributed by atoms with Gasteiger partial charge in [-0.05, 0) is 26.0 Å². The molecule has 1 heterocycles. The maximum atomic E-state index is 13.8. The fourth-order valence-electron chi connectivity index (χ4n) is 2.08. The highest BCUT2D eigenvalue weighted by Crippen LogP contribution is 2.43. The number of hydrogen-bond acceptors (Lipinski definition) is 1. The van der Waals surface area contributed by atoms with Crippen molar-refractivity contribution in [3.8, 4) is 0 Å². The molecule has 1 aromatic carbocycles. The van der Waals surface area contributed by atoms with E-state index >= 15 is 0 Å². The quantitative estimate of drug-likeness (QED) is 0.711. The van der Waals surface area contributed by atoms with E-state index in [2.05, 4.69) is 15.9 Å². The van der Waals surface area contributed by atoms with E-state index in [0.29, 0.717) is 15.7 Å². The van der Waals surface area contributed by atoms with Gasteiger partial charge in [-0.1, -0.05) is 15.9 Å². The molecule has 0 spiro atoms. The van der Waals surface area contributed by atoms with Gasteiger partial charge in [0, 0.05) is 17.1 Å². The second-order valence-electron chi connectivity index (χ2n) is 4.27. The standard InChI is InChI=1S/C11H11BrFNO/c1-11(2)9-7(13)4-6(12)5-8(9)14(3)10(11)15/h4-5H,1-3H3. The summed E-state index contributed by atoms with van der Waals surface area (Å²) in [5.74, 6) is -0.406. The van der Waals surface area contributed by atoms with Crippen molar-refractivity contribution < 1.29 is 9.18 Å². The van der Waals surface area contributed by atoms with Gasteiger partial charge in [-0.15, -0.1) is 0 Å². The summed E-state index contributed by atoms with van der Waals surface area (Å²) in [6.07, 6.45) is 0. The zero-order valence-electron chi connectivity index (χ0n) is 8.77. The number of halogens is 2. The van der Waals surface area contributed by atoms with E-state index in [9.17, 15) is 9.18 Å². The Labute approximate surface area is 96.2 Å². The highest BCUT2D eigenvalue weighted by Gasteiger charge is 2.44. The Morgan fingerprint density at radius 3 is 2.60 bits per heavy atom. The zero-order chi connectivity index (χ0) is 11.4. The first-order chi connectivity index (χ1) is 6.85. The molecule has 1 aliphatic heterocycles. The normalized spacial score (nSPS) is 18.2. The molecule has 2 rings (SSSR count). The molecule has 0 unspecified atom stereocenters. The maximum Gasteiger partial charge on any atom is 0.237 e. The third kappa shape index (κ3) is 1.31. The number of nitrogens with zero attached hydrogens (tertiary/aromatic N) is 1. The van der Waals surface area contributed by atoms with Gasteiger partial charge >= 0.3 is 0 Å². The molecule has 1 amide bonds. The highest BCUT2D eigenvalue weighted by atomic mass is 79.9. The van der Waals surface area contributed by atoms with Crippen LogP contribution >= 0.6 is 15.9 Å². The third-order valence-corrected chi connectivity index (χ3v) is 3.32. The van der Waals surface area contributed by atoms with Crippen LogP contribution in [0.25, 0.3) is 0 Å². The van der Waals surface area contributed by atoms with Crippen LogP contribution in [0.2, 0.25) is 0 Å². The van der Waals surface area contributed by atoms with Gasteiger partial charge in [0.1, 0.15) is 5.82 Å². The van der Waals surface area contributed by atoms with Crippen LogP contribution in [0.1, 0.15) is 19.4 Å². The molecule has 0 radical (unpaired) electrons. The molecule has 1 aliphatic rings. The fourth-order valence-corrected chi connectivity index (χ4v) is 2.50. The van der Waals surface area contributed by atoms with Crippen LogP contribution in [-0.2, 0) is 10.2 Å². The lowest BCUT2D eigenvalue weighted by molar-refractivity contribution is -0.121. The molecule has 0 saturated heterocycles. The van der Waals surface area contributed by atoms with E-state index in [1.54, 1.807) is 27.0 Å². The van der Waals surface area contributed by atoms with Gasteiger partial charge in [-0.25, -0.2) is 4.39 Å². The van der Waals surface area contributed by atoms with E-state index in [1.807, 2.05) is 0 Å². The fraction of sp³-hybridized carbons (Fsp3) is 0.364. The number of likely N-dealkylation sites (N-methyl/N-ethyl adjacent to an activating group) is 1. The summed E-state index contributed by atoms with van der Waals surface area (Å²) in [7, 11) is 1.67. The van der Waals surface area contributed by atoms with Crippen molar-refractivity contribution in [2.75, 3.05) is 11.9 Å². The minimum Gasteiger partial charge on any atom is -0.314 e. The number of rotatable bonds is 0. The summed E-state index contributed by atoms with van der Waals surface area (Å²) in [6, 6.07) is 3.16. The van der Waals surface area contributed by atoms with Crippen molar-refractivity contribution in [2.45, 2.75) is 19.3 Å². The Balaban J connectivity index is 2.77. The first-order valence-electron chi connectivity index (χ1n) is 4.63. The summed E-state index contributed by atoms with van der Waals surface area (Å²) >= 11 is 3.22. The Morgan fingerprint density at radius 1 is 1.40 bits per heavy atom. The van der Waals surface area contributed by atoms with Gasteiger partial charge in [-0.2, -0.15) is 0 Å². The number of fused-ring (bicyclic) bond motifs is 1. The van der Waals surface area contributed by atoms with Crippen LogP contribution < -0.4 is 4.90 Å². The molecule has 0 aromatic heterocycles. The molecular formula is C11H11BrFNO. The highest BCUT2D eigenvalue weighted by molar-refractivity contribution is 9.10. The van der Waals surface area contributed by atoms with Gasteiger partial charge in [0.2, 0.25) is 5.91 Å². The van der Waals surface area contributed by atoms with E-state index < -0.39 is 5.41 Å². The predicted molar refractivity (Wildman–Crippen MR) is 60.5 cm³/mol. The average molecular weight is 272 g/mol.